The van der Waals surface area contributed by atoms with Gasteiger partial charge in [-0.2, -0.15) is 0 Å². The summed E-state index contributed by atoms with van der Waals surface area (Å²) in [6, 6.07) is 7.80. The van der Waals surface area contributed by atoms with E-state index in [1.807, 2.05) is 0 Å². The van der Waals surface area contributed by atoms with Crippen LogP contribution in [0.2, 0.25) is 5.02 Å². The van der Waals surface area contributed by atoms with Crippen molar-refractivity contribution in [2.45, 2.75) is 0 Å². The van der Waals surface area contributed by atoms with Crippen LogP contribution in [-0.4, -0.2) is 23.5 Å². The third-order valence-electron chi connectivity index (χ3n) is 2.53. The van der Waals surface area contributed by atoms with Crippen molar-refractivity contribution in [1.29, 1.82) is 0 Å². The predicted molar refractivity (Wildman–Crippen MR) is 77.2 cm³/mol. The molecule has 0 atom stereocenters. The Bertz CT molecular complexity index is 638. The van der Waals surface area contributed by atoms with Crippen LogP contribution in [0.1, 0.15) is 10.4 Å². The van der Waals surface area contributed by atoms with E-state index in [2.05, 4.69) is 15.9 Å². The van der Waals surface area contributed by atoms with E-state index in [4.69, 9.17) is 21.1 Å². The molecule has 2 rings (SSSR count). The number of furan rings is 1. The molecule has 0 aliphatic carbocycles. The SMILES string of the molecule is O=C(O)CN(C(=O)c1ccoc1Br)c1ccc(Cl)cc1. The summed E-state index contributed by atoms with van der Waals surface area (Å²) < 4.78 is 5.25. The maximum Gasteiger partial charge on any atom is 0.323 e. The van der Waals surface area contributed by atoms with Gasteiger partial charge in [0.1, 0.15) is 6.54 Å². The highest BCUT2D eigenvalue weighted by molar-refractivity contribution is 9.10. The average Bonchev–Trinajstić information content (AvgIpc) is 2.82. The van der Waals surface area contributed by atoms with E-state index in [0.29, 0.717) is 10.7 Å². The van der Waals surface area contributed by atoms with Crippen LogP contribution in [0.5, 0.6) is 0 Å². The zero-order chi connectivity index (χ0) is 14.7. The molecular formula is C13H9BrClNO4. The minimum atomic E-state index is -1.12. The van der Waals surface area contributed by atoms with Crippen molar-refractivity contribution in [3.63, 3.8) is 0 Å². The first-order valence-corrected chi connectivity index (χ1v) is 6.68. The molecule has 0 aliphatic heterocycles. The van der Waals surface area contributed by atoms with Crippen LogP contribution in [0.25, 0.3) is 0 Å². The smallest absolute Gasteiger partial charge is 0.323 e. The molecule has 20 heavy (non-hydrogen) atoms. The number of nitrogens with zero attached hydrogens (tertiary/aromatic N) is 1. The molecule has 0 bridgehead atoms. The van der Waals surface area contributed by atoms with Gasteiger partial charge in [0.15, 0.2) is 4.67 Å². The Labute approximate surface area is 127 Å². The number of carboxylic acids is 1. The van der Waals surface area contributed by atoms with Gasteiger partial charge in [-0.25, -0.2) is 0 Å². The molecule has 1 aromatic heterocycles. The van der Waals surface area contributed by atoms with Crippen molar-refractivity contribution in [1.82, 2.24) is 0 Å². The molecular weight excluding hydrogens is 350 g/mol. The number of hydrogen-bond acceptors (Lipinski definition) is 3. The number of halogens is 2. The van der Waals surface area contributed by atoms with Gasteiger partial charge in [0.2, 0.25) is 0 Å². The highest BCUT2D eigenvalue weighted by Crippen LogP contribution is 2.24. The van der Waals surface area contributed by atoms with E-state index in [1.54, 1.807) is 24.3 Å². The minimum absolute atomic E-state index is 0.251. The van der Waals surface area contributed by atoms with Crippen LogP contribution in [0.4, 0.5) is 5.69 Å². The minimum Gasteiger partial charge on any atom is -0.480 e. The Morgan fingerprint density at radius 3 is 2.40 bits per heavy atom. The zero-order valence-corrected chi connectivity index (χ0v) is 12.4. The monoisotopic (exact) mass is 357 g/mol. The van der Waals surface area contributed by atoms with Crippen LogP contribution >= 0.6 is 27.5 Å². The fourth-order valence-electron chi connectivity index (χ4n) is 1.63. The van der Waals surface area contributed by atoms with Gasteiger partial charge in [0, 0.05) is 10.7 Å². The van der Waals surface area contributed by atoms with Gasteiger partial charge in [0.05, 0.1) is 11.8 Å². The summed E-state index contributed by atoms with van der Waals surface area (Å²) in [5, 5.41) is 9.46. The number of benzene rings is 1. The topological polar surface area (TPSA) is 70.8 Å². The Kier molecular flexibility index (Phi) is 4.46. The van der Waals surface area contributed by atoms with Crippen LogP contribution in [0.3, 0.4) is 0 Å². The van der Waals surface area contributed by atoms with E-state index in [9.17, 15) is 9.59 Å². The predicted octanol–water partition coefficient (Wildman–Crippen LogP) is 3.43. The molecule has 0 radical (unpaired) electrons. The lowest BCUT2D eigenvalue weighted by molar-refractivity contribution is -0.135. The molecule has 5 nitrogen and oxygen atoms in total. The quantitative estimate of drug-likeness (QED) is 0.909. The summed E-state index contributed by atoms with van der Waals surface area (Å²) in [5.41, 5.74) is 0.691. The van der Waals surface area contributed by atoms with Crippen LogP contribution < -0.4 is 4.90 Å². The zero-order valence-electron chi connectivity index (χ0n) is 10.0. The molecule has 1 N–H and O–H groups in total. The molecule has 1 heterocycles. The summed E-state index contributed by atoms with van der Waals surface area (Å²) in [6.07, 6.45) is 1.35. The Morgan fingerprint density at radius 1 is 1.25 bits per heavy atom. The van der Waals surface area contributed by atoms with Crippen molar-refractivity contribution < 1.29 is 19.1 Å². The van der Waals surface area contributed by atoms with Gasteiger partial charge in [-0.05, 0) is 46.3 Å². The molecule has 1 aromatic carbocycles. The second-order valence-corrected chi connectivity index (χ2v) is 5.03. The number of anilines is 1. The second-order valence-electron chi connectivity index (χ2n) is 3.87. The number of rotatable bonds is 4. The number of amides is 1. The maximum absolute atomic E-state index is 12.4. The van der Waals surface area contributed by atoms with Crippen LogP contribution in [0, 0.1) is 0 Å². The third-order valence-corrected chi connectivity index (χ3v) is 3.39. The Hall–Kier alpha value is -1.79. The fraction of sp³-hybridized carbons (Fsp3) is 0.0769. The molecule has 1 amide bonds. The molecule has 0 aliphatic rings. The van der Waals surface area contributed by atoms with Gasteiger partial charge >= 0.3 is 5.97 Å². The first-order valence-electron chi connectivity index (χ1n) is 5.51. The molecule has 0 spiro atoms. The molecule has 0 fully saturated rings. The van der Waals surface area contributed by atoms with Gasteiger partial charge in [-0.1, -0.05) is 11.6 Å². The van der Waals surface area contributed by atoms with Crippen LogP contribution in [-0.2, 0) is 4.79 Å². The van der Waals surface area contributed by atoms with Crippen molar-refractivity contribution in [3.05, 3.63) is 51.9 Å². The molecule has 2 aromatic rings. The summed E-state index contributed by atoms with van der Waals surface area (Å²) in [7, 11) is 0. The van der Waals surface area contributed by atoms with Crippen molar-refractivity contribution in [2.24, 2.45) is 0 Å². The lowest BCUT2D eigenvalue weighted by Crippen LogP contribution is -2.35. The largest absolute Gasteiger partial charge is 0.480 e. The normalized spacial score (nSPS) is 10.3. The highest BCUT2D eigenvalue weighted by atomic mass is 79.9. The van der Waals surface area contributed by atoms with Gasteiger partial charge in [0.25, 0.3) is 5.91 Å². The van der Waals surface area contributed by atoms with Gasteiger partial charge in [-0.15, -0.1) is 0 Å². The third kappa shape index (κ3) is 3.20. The molecule has 0 unspecified atom stereocenters. The number of aliphatic carboxylic acids is 1. The van der Waals surface area contributed by atoms with E-state index in [-0.39, 0.29) is 10.2 Å². The standard InChI is InChI=1S/C13H9BrClNO4/c14-12-10(5-6-20-12)13(19)16(7-11(17)18)9-3-1-8(15)2-4-9/h1-6H,7H2,(H,17,18). The lowest BCUT2D eigenvalue weighted by Gasteiger charge is -2.20. The van der Waals surface area contributed by atoms with Crippen LogP contribution in [0.15, 0.2) is 45.7 Å². The van der Waals surface area contributed by atoms with Crippen molar-refractivity contribution in [2.75, 3.05) is 11.4 Å². The summed E-state index contributed by atoms with van der Waals surface area (Å²) in [5.74, 6) is -1.59. The molecule has 104 valence electrons. The second kappa shape index (κ2) is 6.11. The summed E-state index contributed by atoms with van der Waals surface area (Å²) in [6.45, 7) is -0.460. The lowest BCUT2D eigenvalue weighted by atomic mass is 10.2. The maximum atomic E-state index is 12.4. The Morgan fingerprint density at radius 2 is 1.90 bits per heavy atom. The Balaban J connectivity index is 2.37. The fourth-order valence-corrected chi connectivity index (χ4v) is 2.16. The average molecular weight is 359 g/mol. The molecule has 0 saturated carbocycles. The van der Waals surface area contributed by atoms with E-state index >= 15 is 0 Å². The van der Waals surface area contributed by atoms with Gasteiger partial charge in [-0.3, -0.25) is 14.5 Å². The summed E-state index contributed by atoms with van der Waals surface area (Å²) in [4.78, 5) is 24.5. The highest BCUT2D eigenvalue weighted by Gasteiger charge is 2.23. The van der Waals surface area contributed by atoms with E-state index < -0.39 is 18.4 Å². The molecule has 7 heteroatoms. The first kappa shape index (κ1) is 14.6. The van der Waals surface area contributed by atoms with Crippen molar-refractivity contribution >= 4 is 45.1 Å². The first-order chi connectivity index (χ1) is 9.49. The number of carboxylic acid groups (broad SMARTS) is 1. The van der Waals surface area contributed by atoms with E-state index in [0.717, 1.165) is 4.90 Å². The van der Waals surface area contributed by atoms with Gasteiger partial charge < -0.3 is 9.52 Å². The molecule has 0 saturated heterocycles. The number of carbonyl (C=O) groups excluding carboxylic acids is 1. The number of hydrogen-bond donors (Lipinski definition) is 1. The van der Waals surface area contributed by atoms with Crippen molar-refractivity contribution in [3.8, 4) is 0 Å². The summed E-state index contributed by atoms with van der Waals surface area (Å²) >= 11 is 8.89. The van der Waals surface area contributed by atoms with E-state index in [1.165, 1.54) is 12.3 Å². The number of carbonyl (C=O) groups is 2.